The van der Waals surface area contributed by atoms with E-state index in [1.165, 1.54) is 0 Å². The largest absolute Gasteiger partial charge is 0.490 e. The van der Waals surface area contributed by atoms with Crippen LogP contribution >= 0.6 is 0 Å². The number of hydrogen-bond donors (Lipinski definition) is 7. The summed E-state index contributed by atoms with van der Waals surface area (Å²) < 4.78 is 95.2. The number of carbonyl (C=O) groups is 4. The molecule has 0 bridgehead atoms. The second-order valence-corrected chi connectivity index (χ2v) is 8.28. The van der Waals surface area contributed by atoms with E-state index in [9.17, 15) is 44.3 Å². The smallest absolute Gasteiger partial charge is 0.475 e. The van der Waals surface area contributed by atoms with Crippen molar-refractivity contribution in [1.29, 1.82) is 0 Å². The van der Waals surface area contributed by atoms with Gasteiger partial charge in [-0.3, -0.25) is 4.79 Å². The van der Waals surface area contributed by atoms with Crippen molar-refractivity contribution in [3.05, 3.63) is 35.9 Å². The average Bonchev–Trinajstić information content (AvgIpc) is 2.88. The predicted octanol–water partition coefficient (Wildman–Crippen LogP) is 1.07. The molecular formula is C23H32F9N5O7. The van der Waals surface area contributed by atoms with E-state index in [1.54, 1.807) is 0 Å². The molecule has 0 radical (unpaired) electrons. The van der Waals surface area contributed by atoms with Crippen molar-refractivity contribution in [2.45, 2.75) is 31.0 Å². The Bertz CT molecular complexity index is 926. The molecule has 12 nitrogen and oxygen atoms in total. The molecule has 0 spiro atoms. The molecule has 1 aliphatic heterocycles. The molecule has 21 heteroatoms. The molecule has 0 aromatic heterocycles. The Balaban J connectivity index is 0. The molecule has 1 aromatic rings. The maximum atomic E-state index is 12.7. The van der Waals surface area contributed by atoms with Gasteiger partial charge in [0.1, 0.15) is 0 Å². The van der Waals surface area contributed by atoms with E-state index in [0.29, 0.717) is 19.5 Å². The monoisotopic (exact) mass is 661 g/mol. The number of carboxylic acid groups (broad SMARTS) is 3. The first-order chi connectivity index (χ1) is 20.1. The van der Waals surface area contributed by atoms with Gasteiger partial charge < -0.3 is 41.9 Å². The summed E-state index contributed by atoms with van der Waals surface area (Å²) in [6.07, 6.45) is -14.7. The molecule has 2 rings (SSSR count). The van der Waals surface area contributed by atoms with Crippen LogP contribution in [-0.4, -0.2) is 121 Å². The molecule has 1 fully saturated rings. The van der Waals surface area contributed by atoms with Gasteiger partial charge in [0, 0.05) is 52.4 Å². The zero-order valence-corrected chi connectivity index (χ0v) is 22.7. The Morgan fingerprint density at radius 3 is 1.25 bits per heavy atom. The van der Waals surface area contributed by atoms with E-state index >= 15 is 0 Å². The van der Waals surface area contributed by atoms with E-state index in [4.69, 9.17) is 35.4 Å². The van der Waals surface area contributed by atoms with Gasteiger partial charge in [0.2, 0.25) is 5.91 Å². The maximum Gasteiger partial charge on any atom is 0.490 e. The topological polar surface area (TPSA) is 194 Å². The minimum absolute atomic E-state index is 0.0348. The quantitative estimate of drug-likeness (QED) is 0.229. The van der Waals surface area contributed by atoms with Gasteiger partial charge in [0.25, 0.3) is 0 Å². The van der Waals surface area contributed by atoms with Crippen LogP contribution in [0, 0.1) is 0 Å². The fourth-order valence-electron chi connectivity index (χ4n) is 2.68. The number of halogens is 9. The first kappa shape index (κ1) is 42.4. The third kappa shape index (κ3) is 22.9. The Hall–Kier alpha value is -3.69. The van der Waals surface area contributed by atoms with Gasteiger partial charge in [-0.2, -0.15) is 39.5 Å². The molecule has 1 amide bonds. The van der Waals surface area contributed by atoms with Crippen LogP contribution in [-0.2, 0) is 25.6 Å². The summed E-state index contributed by atoms with van der Waals surface area (Å²) in [6.45, 7) is 6.71. The molecule has 0 unspecified atom stereocenters. The SMILES string of the molecule is N[C@H](Cc1ccccc1)C(=O)N1CCNCCNCCNCC1.O=C(O)C(F)(F)F.O=C(O)C(F)(F)F.O=C(O)C(F)(F)F. The first-order valence-electron chi connectivity index (χ1n) is 12.2. The van der Waals surface area contributed by atoms with Crippen molar-refractivity contribution in [3.8, 4) is 0 Å². The molecular weight excluding hydrogens is 629 g/mol. The normalized spacial score (nSPS) is 15.5. The molecule has 1 saturated heterocycles. The molecule has 44 heavy (non-hydrogen) atoms. The summed E-state index contributed by atoms with van der Waals surface area (Å²) >= 11 is 0. The van der Waals surface area contributed by atoms with Gasteiger partial charge in [-0.15, -0.1) is 0 Å². The minimum Gasteiger partial charge on any atom is -0.475 e. The Morgan fingerprint density at radius 1 is 0.659 bits per heavy atom. The number of aliphatic carboxylic acids is 3. The lowest BCUT2D eigenvalue weighted by Gasteiger charge is -2.26. The van der Waals surface area contributed by atoms with Crippen LogP contribution in [0.2, 0.25) is 0 Å². The second-order valence-electron chi connectivity index (χ2n) is 8.28. The number of hydrogen-bond acceptors (Lipinski definition) is 8. The van der Waals surface area contributed by atoms with Crippen LogP contribution in [0.4, 0.5) is 39.5 Å². The number of amides is 1. The van der Waals surface area contributed by atoms with Crippen molar-refractivity contribution < 1.29 is 74.0 Å². The third-order valence-corrected chi connectivity index (χ3v) is 4.73. The van der Waals surface area contributed by atoms with Gasteiger partial charge in [-0.1, -0.05) is 30.3 Å². The summed E-state index contributed by atoms with van der Waals surface area (Å²) in [6, 6.07) is 9.47. The molecule has 0 aliphatic carbocycles. The predicted molar refractivity (Wildman–Crippen MR) is 134 cm³/mol. The fraction of sp³-hybridized carbons (Fsp3) is 0.565. The highest BCUT2D eigenvalue weighted by molar-refractivity contribution is 5.82. The lowest BCUT2D eigenvalue weighted by molar-refractivity contribution is -0.193. The number of rotatable bonds is 3. The van der Waals surface area contributed by atoms with Crippen LogP contribution in [0.5, 0.6) is 0 Å². The number of carboxylic acids is 3. The summed E-state index contributed by atoms with van der Waals surface area (Å²) in [5.41, 5.74) is 7.26. The van der Waals surface area contributed by atoms with Gasteiger partial charge in [-0.05, 0) is 12.0 Å². The summed E-state index contributed by atoms with van der Waals surface area (Å²) in [5, 5.41) is 31.5. The van der Waals surface area contributed by atoms with Crippen LogP contribution in [0.25, 0.3) is 0 Å². The molecule has 1 atom stereocenters. The van der Waals surface area contributed by atoms with Crippen molar-refractivity contribution in [2.24, 2.45) is 5.73 Å². The Morgan fingerprint density at radius 2 is 0.955 bits per heavy atom. The second kappa shape index (κ2) is 21.1. The number of alkyl halides is 9. The Labute approximate surface area is 244 Å². The number of benzene rings is 1. The average molecular weight is 662 g/mol. The molecule has 254 valence electrons. The lowest BCUT2D eigenvalue weighted by atomic mass is 10.1. The van der Waals surface area contributed by atoms with Crippen molar-refractivity contribution >= 4 is 23.8 Å². The van der Waals surface area contributed by atoms with Gasteiger partial charge in [-0.25, -0.2) is 14.4 Å². The van der Waals surface area contributed by atoms with E-state index in [0.717, 1.165) is 44.8 Å². The summed E-state index contributed by atoms with van der Waals surface area (Å²) in [7, 11) is 0. The van der Waals surface area contributed by atoms with Crippen LogP contribution in [0.15, 0.2) is 30.3 Å². The van der Waals surface area contributed by atoms with Crippen molar-refractivity contribution in [1.82, 2.24) is 20.9 Å². The summed E-state index contributed by atoms with van der Waals surface area (Å²) in [5.74, 6) is -8.24. The number of nitrogens with zero attached hydrogens (tertiary/aromatic N) is 1. The van der Waals surface area contributed by atoms with Crippen molar-refractivity contribution in [3.63, 3.8) is 0 Å². The molecule has 1 aliphatic rings. The van der Waals surface area contributed by atoms with E-state index in [-0.39, 0.29) is 5.91 Å². The zero-order valence-electron chi connectivity index (χ0n) is 22.7. The van der Waals surface area contributed by atoms with Crippen LogP contribution in [0.1, 0.15) is 5.56 Å². The lowest BCUT2D eigenvalue weighted by Crippen LogP contribution is -2.50. The number of nitrogens with two attached hydrogens (primary N) is 1. The number of nitrogens with one attached hydrogen (secondary N) is 3. The molecule has 1 aromatic carbocycles. The number of carbonyl (C=O) groups excluding carboxylic acids is 1. The summed E-state index contributed by atoms with van der Waals surface area (Å²) in [4.78, 5) is 41.2. The van der Waals surface area contributed by atoms with Crippen LogP contribution < -0.4 is 21.7 Å². The van der Waals surface area contributed by atoms with Gasteiger partial charge in [0.05, 0.1) is 6.04 Å². The molecule has 0 saturated carbocycles. The first-order valence-corrected chi connectivity index (χ1v) is 12.2. The van der Waals surface area contributed by atoms with Gasteiger partial charge >= 0.3 is 36.4 Å². The third-order valence-electron chi connectivity index (χ3n) is 4.73. The van der Waals surface area contributed by atoms with Gasteiger partial charge in [0.15, 0.2) is 0 Å². The highest BCUT2D eigenvalue weighted by atomic mass is 19.4. The molecule has 1 heterocycles. The Kier molecular flexibility index (Phi) is 20.3. The highest BCUT2D eigenvalue weighted by Crippen LogP contribution is 2.14. The van der Waals surface area contributed by atoms with Crippen molar-refractivity contribution in [2.75, 3.05) is 52.4 Å². The maximum absolute atomic E-state index is 12.7. The minimum atomic E-state index is -5.08. The van der Waals surface area contributed by atoms with Crippen LogP contribution in [0.3, 0.4) is 0 Å². The molecule has 8 N–H and O–H groups in total. The zero-order chi connectivity index (χ0) is 34.6. The van der Waals surface area contributed by atoms with E-state index in [1.807, 2.05) is 35.2 Å². The fourth-order valence-corrected chi connectivity index (χ4v) is 2.68. The standard InChI is InChI=1S/C17H29N5O.3C2HF3O2/c18-16(14-15-4-2-1-3-5-15)17(23)22-12-10-20-8-6-19-7-9-21-11-13-22;3*3-2(4,5)1(6)7/h1-5,16,19-21H,6-14,18H2;3*(H,6,7)/t16-;;;/m1.../s1. The van der Waals surface area contributed by atoms with E-state index in [2.05, 4.69) is 16.0 Å². The highest BCUT2D eigenvalue weighted by Gasteiger charge is 2.39. The van der Waals surface area contributed by atoms with E-state index < -0.39 is 42.5 Å².